The first-order valence-electron chi connectivity index (χ1n) is 12.0. The number of hydrogen-bond acceptors (Lipinski definition) is 4. The topological polar surface area (TPSA) is 56.3 Å². The van der Waals surface area contributed by atoms with Crippen LogP contribution in [0.25, 0.3) is 22.6 Å². The van der Waals surface area contributed by atoms with Crippen LogP contribution in [0.3, 0.4) is 0 Å². The number of nitrogens with zero attached hydrogens (tertiary/aromatic N) is 1. The summed E-state index contributed by atoms with van der Waals surface area (Å²) in [6, 6.07) is 26.7. The Morgan fingerprint density at radius 2 is 1.57 bits per heavy atom. The van der Waals surface area contributed by atoms with Crippen LogP contribution >= 0.6 is 0 Å². The average Bonchev–Trinajstić information content (AvgIpc) is 2.88. The molecule has 35 heavy (non-hydrogen) atoms. The summed E-state index contributed by atoms with van der Waals surface area (Å²) in [5.74, 6) is -0.357. The van der Waals surface area contributed by atoms with Crippen LogP contribution in [0.4, 0.5) is 0 Å². The lowest BCUT2D eigenvalue weighted by molar-refractivity contribution is 0.0319. The molecule has 2 unspecified atom stereocenters. The molecule has 0 bridgehead atoms. The maximum Gasteiger partial charge on any atom is 0.339 e. The molecule has 3 aromatic carbocycles. The van der Waals surface area contributed by atoms with Crippen LogP contribution in [0.5, 0.6) is 0 Å². The lowest BCUT2D eigenvalue weighted by atomic mass is 9.80. The highest BCUT2D eigenvalue weighted by Gasteiger charge is 2.30. The predicted molar refractivity (Wildman–Crippen MR) is 139 cm³/mol. The third-order valence-corrected chi connectivity index (χ3v) is 6.47. The lowest BCUT2D eigenvalue weighted by Crippen LogP contribution is -2.26. The molecule has 0 fully saturated rings. The van der Waals surface area contributed by atoms with Crippen molar-refractivity contribution >= 4 is 34.3 Å². The minimum absolute atomic E-state index is 0.218. The second-order valence-corrected chi connectivity index (χ2v) is 9.20. The summed E-state index contributed by atoms with van der Waals surface area (Å²) in [7, 11) is 0. The summed E-state index contributed by atoms with van der Waals surface area (Å²) in [5, 5.41) is 0.753. The Morgan fingerprint density at radius 3 is 2.31 bits per heavy atom. The van der Waals surface area contributed by atoms with Crippen molar-refractivity contribution in [3.8, 4) is 0 Å². The molecule has 0 saturated heterocycles. The van der Waals surface area contributed by atoms with E-state index in [1.807, 2.05) is 48.5 Å². The van der Waals surface area contributed by atoms with E-state index < -0.39 is 12.1 Å². The van der Waals surface area contributed by atoms with Gasteiger partial charge in [0.2, 0.25) is 5.78 Å². The van der Waals surface area contributed by atoms with Gasteiger partial charge >= 0.3 is 5.97 Å². The standard InChI is InChI=1S/C31H27NO3/c1-20-17-24(19-22-11-5-3-6-12-22)29-26(18-20)28(25-15-9-10-16-27(25)32-29)31(34)35-21(2)30(33)23-13-7-4-8-14-23/h3-16,19-21H,17-18H2,1-2H3. The van der Waals surface area contributed by atoms with Gasteiger partial charge in [0.25, 0.3) is 0 Å². The molecule has 4 aromatic rings. The van der Waals surface area contributed by atoms with E-state index in [9.17, 15) is 9.59 Å². The maximum absolute atomic E-state index is 13.6. The van der Waals surface area contributed by atoms with E-state index in [-0.39, 0.29) is 5.78 Å². The number of esters is 1. The number of carbonyl (C=O) groups is 2. The van der Waals surface area contributed by atoms with Crippen molar-refractivity contribution in [1.29, 1.82) is 0 Å². The highest BCUT2D eigenvalue weighted by atomic mass is 16.5. The van der Waals surface area contributed by atoms with E-state index in [2.05, 4.69) is 25.1 Å². The summed E-state index contributed by atoms with van der Waals surface area (Å²) in [5.41, 5.74) is 5.74. The normalized spacial score (nSPS) is 17.1. The van der Waals surface area contributed by atoms with Crippen molar-refractivity contribution in [2.45, 2.75) is 32.8 Å². The number of allylic oxidation sites excluding steroid dienone is 1. The zero-order valence-corrected chi connectivity index (χ0v) is 19.9. The minimum Gasteiger partial charge on any atom is -0.451 e. The van der Waals surface area contributed by atoms with Gasteiger partial charge in [-0.15, -0.1) is 0 Å². The Balaban J connectivity index is 1.59. The van der Waals surface area contributed by atoms with Crippen molar-refractivity contribution in [3.63, 3.8) is 0 Å². The molecule has 4 nitrogen and oxygen atoms in total. The highest BCUT2D eigenvalue weighted by molar-refractivity contribution is 6.08. The fraction of sp³-hybridized carbons (Fsp3) is 0.194. The molecule has 0 aliphatic heterocycles. The zero-order chi connectivity index (χ0) is 24.4. The molecule has 0 radical (unpaired) electrons. The van der Waals surface area contributed by atoms with Gasteiger partial charge in [-0.1, -0.05) is 85.8 Å². The first kappa shape index (κ1) is 22.7. The number of rotatable bonds is 5. The Labute approximate surface area is 205 Å². The second kappa shape index (κ2) is 9.67. The summed E-state index contributed by atoms with van der Waals surface area (Å²) >= 11 is 0. The summed E-state index contributed by atoms with van der Waals surface area (Å²) in [6.07, 6.45) is 2.87. The molecule has 5 rings (SSSR count). The smallest absolute Gasteiger partial charge is 0.339 e. The van der Waals surface area contributed by atoms with Crippen LogP contribution in [0.15, 0.2) is 84.9 Å². The molecular weight excluding hydrogens is 434 g/mol. The molecule has 1 aromatic heterocycles. The van der Waals surface area contributed by atoms with Crippen molar-refractivity contribution in [2.24, 2.45) is 5.92 Å². The maximum atomic E-state index is 13.6. The number of carbonyl (C=O) groups excluding carboxylic acids is 2. The number of aromatic nitrogens is 1. The summed E-state index contributed by atoms with van der Waals surface area (Å²) < 4.78 is 5.78. The summed E-state index contributed by atoms with van der Waals surface area (Å²) in [6.45, 7) is 3.82. The van der Waals surface area contributed by atoms with Crippen LogP contribution in [0.2, 0.25) is 0 Å². The Hall–Kier alpha value is -4.05. The van der Waals surface area contributed by atoms with E-state index >= 15 is 0 Å². The summed E-state index contributed by atoms with van der Waals surface area (Å²) in [4.78, 5) is 31.5. The van der Waals surface area contributed by atoms with E-state index in [0.29, 0.717) is 17.0 Å². The predicted octanol–water partition coefficient (Wildman–Crippen LogP) is 6.79. The third-order valence-electron chi connectivity index (χ3n) is 6.47. The number of ether oxygens (including phenoxy) is 1. The van der Waals surface area contributed by atoms with Crippen molar-refractivity contribution < 1.29 is 14.3 Å². The largest absolute Gasteiger partial charge is 0.451 e. The van der Waals surface area contributed by atoms with Crippen molar-refractivity contribution in [3.05, 3.63) is 113 Å². The third kappa shape index (κ3) is 4.65. The van der Waals surface area contributed by atoms with Crippen LogP contribution in [-0.2, 0) is 11.2 Å². The molecule has 0 amide bonds. The quantitative estimate of drug-likeness (QED) is 0.243. The van der Waals surface area contributed by atoms with Gasteiger partial charge in [-0.3, -0.25) is 4.79 Å². The number of hydrogen-bond donors (Lipinski definition) is 0. The van der Waals surface area contributed by atoms with E-state index in [1.165, 1.54) is 0 Å². The monoisotopic (exact) mass is 461 g/mol. The van der Waals surface area contributed by atoms with Gasteiger partial charge in [0.15, 0.2) is 6.10 Å². The van der Waals surface area contributed by atoms with Crippen LogP contribution in [-0.4, -0.2) is 22.8 Å². The molecule has 1 heterocycles. The Morgan fingerprint density at radius 1 is 0.914 bits per heavy atom. The number of ketones is 1. The van der Waals surface area contributed by atoms with Gasteiger partial charge < -0.3 is 4.74 Å². The molecule has 174 valence electrons. The van der Waals surface area contributed by atoms with Gasteiger partial charge in [-0.25, -0.2) is 9.78 Å². The molecule has 4 heteroatoms. The fourth-order valence-electron chi connectivity index (χ4n) is 4.83. The van der Waals surface area contributed by atoms with Gasteiger partial charge in [-0.05, 0) is 54.5 Å². The van der Waals surface area contributed by atoms with Crippen LogP contribution in [0, 0.1) is 5.92 Å². The Kier molecular flexibility index (Phi) is 6.28. The first-order chi connectivity index (χ1) is 17.0. The van der Waals surface area contributed by atoms with Crippen LogP contribution < -0.4 is 0 Å². The molecule has 0 saturated carbocycles. The number of fused-ring (bicyclic) bond motifs is 2. The van der Waals surface area contributed by atoms with Crippen LogP contribution in [0.1, 0.15) is 57.8 Å². The minimum atomic E-state index is -0.896. The van der Waals surface area contributed by atoms with E-state index in [4.69, 9.17) is 9.72 Å². The zero-order valence-electron chi connectivity index (χ0n) is 19.9. The number of benzene rings is 3. The first-order valence-corrected chi connectivity index (χ1v) is 12.0. The van der Waals surface area contributed by atoms with Gasteiger partial charge in [-0.2, -0.15) is 0 Å². The molecule has 0 spiro atoms. The van der Waals surface area contributed by atoms with Crippen molar-refractivity contribution in [2.75, 3.05) is 0 Å². The SMILES string of the molecule is CC1CC(=Cc2ccccc2)c2nc3ccccc3c(C(=O)OC(C)C(=O)c3ccccc3)c2C1. The second-order valence-electron chi connectivity index (χ2n) is 9.20. The molecule has 2 atom stereocenters. The number of Topliss-reactive ketones (excluding diaryl/α,β-unsaturated/α-hetero) is 1. The van der Waals surface area contributed by atoms with E-state index in [0.717, 1.165) is 46.1 Å². The Bertz CT molecular complexity index is 1420. The van der Waals surface area contributed by atoms with Gasteiger partial charge in [0, 0.05) is 10.9 Å². The molecular formula is C31H27NO3. The van der Waals surface area contributed by atoms with Gasteiger partial charge in [0.1, 0.15) is 0 Å². The highest BCUT2D eigenvalue weighted by Crippen LogP contribution is 2.38. The van der Waals surface area contributed by atoms with E-state index in [1.54, 1.807) is 31.2 Å². The molecule has 1 aliphatic rings. The fourth-order valence-corrected chi connectivity index (χ4v) is 4.83. The van der Waals surface area contributed by atoms with Gasteiger partial charge in [0.05, 0.1) is 16.8 Å². The lowest BCUT2D eigenvalue weighted by Gasteiger charge is -2.27. The molecule has 1 aliphatic carbocycles. The molecule has 0 N–H and O–H groups in total. The average molecular weight is 462 g/mol. The van der Waals surface area contributed by atoms with Crippen molar-refractivity contribution in [1.82, 2.24) is 4.98 Å². The number of para-hydroxylation sites is 1. The number of pyridine rings is 1.